The Morgan fingerprint density at radius 1 is 1.44 bits per heavy atom. The lowest BCUT2D eigenvalue weighted by Crippen LogP contribution is -2.02. The molecule has 88 valence electrons. The zero-order valence-corrected chi connectivity index (χ0v) is 10.1. The Kier molecular flexibility index (Phi) is 4.83. The molecule has 0 bridgehead atoms. The summed E-state index contributed by atoms with van der Waals surface area (Å²) in [7, 11) is 0. The van der Waals surface area contributed by atoms with E-state index in [0.717, 1.165) is 24.3 Å². The lowest BCUT2D eigenvalue weighted by molar-refractivity contribution is 0.289. The predicted octanol–water partition coefficient (Wildman–Crippen LogP) is 3.31. The van der Waals surface area contributed by atoms with Crippen molar-refractivity contribution < 1.29 is 9.94 Å². The van der Waals surface area contributed by atoms with Gasteiger partial charge in [-0.3, -0.25) is 0 Å². The highest BCUT2D eigenvalue weighted by Crippen LogP contribution is 2.15. The second-order valence-corrected chi connectivity index (χ2v) is 4.24. The molecule has 0 atom stereocenters. The predicted molar refractivity (Wildman–Crippen MR) is 65.4 cm³/mol. The Morgan fingerprint density at radius 3 is 2.81 bits per heavy atom. The molecule has 0 aliphatic carbocycles. The van der Waals surface area contributed by atoms with E-state index in [0.29, 0.717) is 11.6 Å². The summed E-state index contributed by atoms with van der Waals surface area (Å²) in [5.41, 5.74) is 1.47. The van der Waals surface area contributed by atoms with Crippen LogP contribution in [0, 0.1) is 5.92 Å². The van der Waals surface area contributed by atoms with Crippen LogP contribution in [0.15, 0.2) is 29.4 Å². The summed E-state index contributed by atoms with van der Waals surface area (Å²) in [5, 5.41) is 11.8. The Morgan fingerprint density at radius 2 is 2.19 bits per heavy atom. The van der Waals surface area contributed by atoms with Gasteiger partial charge in [0.25, 0.3) is 0 Å². The fraction of sp³-hybridized carbons (Fsp3) is 0.462. The Hall–Kier alpha value is -1.51. The van der Waals surface area contributed by atoms with Gasteiger partial charge in [-0.2, -0.15) is 0 Å². The summed E-state index contributed by atoms with van der Waals surface area (Å²) in [6.45, 7) is 6.81. The number of benzene rings is 1. The van der Waals surface area contributed by atoms with E-state index in [9.17, 15) is 0 Å². The maximum atomic E-state index is 8.68. The Bertz CT molecular complexity index is 359. The van der Waals surface area contributed by atoms with Crippen LogP contribution in [0.1, 0.15) is 32.8 Å². The Balaban J connectivity index is 2.61. The zero-order chi connectivity index (χ0) is 12.0. The topological polar surface area (TPSA) is 41.8 Å². The molecule has 0 saturated carbocycles. The van der Waals surface area contributed by atoms with Gasteiger partial charge in [-0.05, 0) is 31.4 Å². The van der Waals surface area contributed by atoms with Crippen LogP contribution in [0.25, 0.3) is 0 Å². The van der Waals surface area contributed by atoms with Gasteiger partial charge in [0.15, 0.2) is 0 Å². The van der Waals surface area contributed by atoms with Crippen LogP contribution in [0.5, 0.6) is 5.75 Å². The van der Waals surface area contributed by atoms with Crippen LogP contribution in [-0.4, -0.2) is 17.5 Å². The van der Waals surface area contributed by atoms with E-state index in [2.05, 4.69) is 19.0 Å². The summed E-state index contributed by atoms with van der Waals surface area (Å²) in [4.78, 5) is 0. The van der Waals surface area contributed by atoms with Gasteiger partial charge in [0, 0.05) is 5.56 Å². The van der Waals surface area contributed by atoms with E-state index >= 15 is 0 Å². The second-order valence-electron chi connectivity index (χ2n) is 4.24. The molecule has 0 aliphatic rings. The molecular formula is C13H19NO2. The molecule has 3 nitrogen and oxygen atoms in total. The van der Waals surface area contributed by atoms with Crippen molar-refractivity contribution in [1.29, 1.82) is 0 Å². The average molecular weight is 221 g/mol. The van der Waals surface area contributed by atoms with E-state index in [4.69, 9.17) is 9.94 Å². The number of rotatable bonds is 5. The summed E-state index contributed by atoms with van der Waals surface area (Å²) < 4.78 is 5.62. The van der Waals surface area contributed by atoms with Gasteiger partial charge in [0.05, 0.1) is 12.3 Å². The van der Waals surface area contributed by atoms with Crippen molar-refractivity contribution in [3.63, 3.8) is 0 Å². The molecule has 0 aromatic heterocycles. The van der Waals surface area contributed by atoms with Gasteiger partial charge in [-0.15, -0.1) is 0 Å². The molecule has 0 heterocycles. The first-order valence-electron chi connectivity index (χ1n) is 5.55. The van der Waals surface area contributed by atoms with Gasteiger partial charge in [0.2, 0.25) is 0 Å². The van der Waals surface area contributed by atoms with Crippen molar-refractivity contribution in [2.24, 2.45) is 11.1 Å². The van der Waals surface area contributed by atoms with Crippen molar-refractivity contribution >= 4 is 5.71 Å². The van der Waals surface area contributed by atoms with Crippen LogP contribution in [-0.2, 0) is 0 Å². The lowest BCUT2D eigenvalue weighted by atomic mass is 10.1. The van der Waals surface area contributed by atoms with Gasteiger partial charge >= 0.3 is 0 Å². The van der Waals surface area contributed by atoms with Crippen LogP contribution < -0.4 is 4.74 Å². The molecule has 3 heteroatoms. The van der Waals surface area contributed by atoms with Gasteiger partial charge < -0.3 is 9.94 Å². The SMILES string of the molecule is C/C(=N\O)c1cccc(OCCC(C)C)c1. The molecular weight excluding hydrogens is 202 g/mol. The van der Waals surface area contributed by atoms with E-state index in [-0.39, 0.29) is 0 Å². The van der Waals surface area contributed by atoms with E-state index in [1.54, 1.807) is 6.92 Å². The minimum atomic E-state index is 0.592. The first-order chi connectivity index (χ1) is 7.63. The fourth-order valence-electron chi connectivity index (χ4n) is 1.28. The van der Waals surface area contributed by atoms with Crippen LogP contribution in [0.2, 0.25) is 0 Å². The third-order valence-corrected chi connectivity index (χ3v) is 2.37. The number of ether oxygens (including phenoxy) is 1. The highest BCUT2D eigenvalue weighted by Gasteiger charge is 2.01. The standard InChI is InChI=1S/C13H19NO2/c1-10(2)7-8-16-13-6-4-5-12(9-13)11(3)14-15/h4-6,9-10,15H,7-8H2,1-3H3/b14-11+. The minimum Gasteiger partial charge on any atom is -0.494 e. The maximum Gasteiger partial charge on any atom is 0.119 e. The van der Waals surface area contributed by atoms with Crippen molar-refractivity contribution in [2.75, 3.05) is 6.61 Å². The fourth-order valence-corrected chi connectivity index (χ4v) is 1.28. The quantitative estimate of drug-likeness (QED) is 0.471. The number of hydrogen-bond donors (Lipinski definition) is 1. The normalized spacial score (nSPS) is 11.9. The third kappa shape index (κ3) is 3.93. The summed E-state index contributed by atoms with van der Waals surface area (Å²) in [5.74, 6) is 1.46. The molecule has 0 saturated heterocycles. The smallest absolute Gasteiger partial charge is 0.119 e. The molecule has 1 rings (SSSR count). The Labute approximate surface area is 96.7 Å². The summed E-state index contributed by atoms with van der Waals surface area (Å²) in [6.07, 6.45) is 1.04. The van der Waals surface area contributed by atoms with Crippen molar-refractivity contribution in [2.45, 2.75) is 27.2 Å². The van der Waals surface area contributed by atoms with Crippen molar-refractivity contribution in [1.82, 2.24) is 0 Å². The van der Waals surface area contributed by atoms with Gasteiger partial charge in [-0.1, -0.05) is 31.1 Å². The van der Waals surface area contributed by atoms with Crippen molar-refractivity contribution in [3.8, 4) is 5.75 Å². The van der Waals surface area contributed by atoms with Crippen molar-refractivity contribution in [3.05, 3.63) is 29.8 Å². The van der Waals surface area contributed by atoms with E-state index < -0.39 is 0 Å². The number of oxime groups is 1. The largest absolute Gasteiger partial charge is 0.494 e. The van der Waals surface area contributed by atoms with Crippen LogP contribution in [0.4, 0.5) is 0 Å². The van der Waals surface area contributed by atoms with Gasteiger partial charge in [0.1, 0.15) is 5.75 Å². The third-order valence-electron chi connectivity index (χ3n) is 2.37. The highest BCUT2D eigenvalue weighted by atomic mass is 16.5. The second kappa shape index (κ2) is 6.16. The summed E-state index contributed by atoms with van der Waals surface area (Å²) in [6, 6.07) is 7.59. The molecule has 0 fully saturated rings. The molecule has 1 N–H and O–H groups in total. The molecule has 0 amide bonds. The molecule has 0 spiro atoms. The van der Waals surface area contributed by atoms with Crippen LogP contribution >= 0.6 is 0 Å². The lowest BCUT2D eigenvalue weighted by Gasteiger charge is -2.09. The first kappa shape index (κ1) is 12.6. The highest BCUT2D eigenvalue weighted by molar-refractivity contribution is 5.98. The number of hydrogen-bond acceptors (Lipinski definition) is 3. The molecule has 0 unspecified atom stereocenters. The van der Waals surface area contributed by atoms with E-state index in [1.165, 1.54) is 0 Å². The molecule has 16 heavy (non-hydrogen) atoms. The molecule has 0 aliphatic heterocycles. The monoisotopic (exact) mass is 221 g/mol. The zero-order valence-electron chi connectivity index (χ0n) is 10.1. The molecule has 0 radical (unpaired) electrons. The molecule has 1 aromatic carbocycles. The number of nitrogens with zero attached hydrogens (tertiary/aromatic N) is 1. The van der Waals surface area contributed by atoms with E-state index in [1.807, 2.05) is 24.3 Å². The van der Waals surface area contributed by atoms with Gasteiger partial charge in [-0.25, -0.2) is 0 Å². The average Bonchev–Trinajstić information content (AvgIpc) is 2.28. The molecule has 1 aromatic rings. The first-order valence-corrected chi connectivity index (χ1v) is 5.55. The summed E-state index contributed by atoms with van der Waals surface area (Å²) >= 11 is 0. The minimum absolute atomic E-state index is 0.592. The maximum absolute atomic E-state index is 8.68. The van der Waals surface area contributed by atoms with Crippen LogP contribution in [0.3, 0.4) is 0 Å².